The number of aryl methyl sites for hydroxylation is 1. The Labute approximate surface area is 118 Å². The Morgan fingerprint density at radius 2 is 2.11 bits per heavy atom. The molecule has 0 fully saturated rings. The zero-order valence-corrected chi connectivity index (χ0v) is 12.0. The van der Waals surface area contributed by atoms with Crippen LogP contribution in [0.2, 0.25) is 0 Å². The molecular formula is C14H12BrN3O. The van der Waals surface area contributed by atoms with Crippen LogP contribution in [0, 0.1) is 6.92 Å². The molecule has 0 bridgehead atoms. The molecule has 0 amide bonds. The van der Waals surface area contributed by atoms with Crippen molar-refractivity contribution in [3.05, 3.63) is 68.9 Å². The van der Waals surface area contributed by atoms with Crippen molar-refractivity contribution in [2.45, 2.75) is 13.5 Å². The average molecular weight is 318 g/mol. The van der Waals surface area contributed by atoms with E-state index in [1.165, 1.54) is 0 Å². The van der Waals surface area contributed by atoms with Gasteiger partial charge in [0.05, 0.1) is 12.2 Å². The van der Waals surface area contributed by atoms with Crippen LogP contribution in [0.1, 0.15) is 11.3 Å². The number of rotatable bonds is 2. The highest BCUT2D eigenvalue weighted by Crippen LogP contribution is 2.12. The third-order valence-corrected chi connectivity index (χ3v) is 3.42. The Morgan fingerprint density at radius 1 is 1.26 bits per heavy atom. The van der Waals surface area contributed by atoms with Gasteiger partial charge in [0.2, 0.25) is 0 Å². The zero-order chi connectivity index (χ0) is 13.4. The van der Waals surface area contributed by atoms with Crippen molar-refractivity contribution in [2.24, 2.45) is 0 Å². The van der Waals surface area contributed by atoms with E-state index in [-0.39, 0.29) is 5.56 Å². The monoisotopic (exact) mass is 317 g/mol. The van der Waals surface area contributed by atoms with E-state index >= 15 is 0 Å². The summed E-state index contributed by atoms with van der Waals surface area (Å²) < 4.78 is 4.60. The number of hydrogen-bond donors (Lipinski definition) is 0. The molecule has 3 aromatic heterocycles. The van der Waals surface area contributed by atoms with Crippen LogP contribution < -0.4 is 5.56 Å². The molecule has 0 N–H and O–H groups in total. The highest BCUT2D eigenvalue weighted by molar-refractivity contribution is 9.10. The maximum Gasteiger partial charge on any atom is 0.251 e. The predicted octanol–water partition coefficient (Wildman–Crippen LogP) is 2.62. The standard InChI is InChI=1S/C14H12BrN3O/c1-10-4-5-17(14(19)6-10)8-12-9-18-7-11(15)2-3-13(18)16-12/h2-7,9H,8H2,1H3. The number of aromatic nitrogens is 3. The van der Waals surface area contributed by atoms with Crippen molar-refractivity contribution >= 4 is 21.6 Å². The van der Waals surface area contributed by atoms with Gasteiger partial charge in [0.1, 0.15) is 5.65 Å². The van der Waals surface area contributed by atoms with Crippen molar-refractivity contribution in [2.75, 3.05) is 0 Å². The van der Waals surface area contributed by atoms with Crippen molar-refractivity contribution in [1.29, 1.82) is 0 Å². The fourth-order valence-corrected chi connectivity index (χ4v) is 2.36. The predicted molar refractivity (Wildman–Crippen MR) is 77.4 cm³/mol. The Bertz CT molecular complexity index is 804. The minimum Gasteiger partial charge on any atom is -0.309 e. The number of nitrogens with zero attached hydrogens (tertiary/aromatic N) is 3. The molecule has 5 heteroatoms. The second-order valence-corrected chi connectivity index (χ2v) is 5.43. The summed E-state index contributed by atoms with van der Waals surface area (Å²) in [4.78, 5) is 16.3. The van der Waals surface area contributed by atoms with Gasteiger partial charge in [-0.15, -0.1) is 0 Å². The van der Waals surface area contributed by atoms with Gasteiger partial charge in [0.15, 0.2) is 0 Å². The largest absolute Gasteiger partial charge is 0.309 e. The fourth-order valence-electron chi connectivity index (χ4n) is 2.01. The first-order valence-corrected chi connectivity index (χ1v) is 6.71. The van der Waals surface area contributed by atoms with Gasteiger partial charge in [0.25, 0.3) is 5.56 Å². The van der Waals surface area contributed by atoms with Crippen LogP contribution in [-0.4, -0.2) is 14.0 Å². The number of pyridine rings is 2. The Balaban J connectivity index is 1.99. The minimum absolute atomic E-state index is 0.00163. The van der Waals surface area contributed by atoms with Crippen LogP contribution in [0.3, 0.4) is 0 Å². The van der Waals surface area contributed by atoms with E-state index in [0.29, 0.717) is 6.54 Å². The van der Waals surface area contributed by atoms with Gasteiger partial charge in [-0.25, -0.2) is 4.98 Å². The molecule has 0 spiro atoms. The molecule has 0 saturated carbocycles. The van der Waals surface area contributed by atoms with Crippen molar-refractivity contribution < 1.29 is 0 Å². The molecule has 0 atom stereocenters. The molecule has 0 aliphatic rings. The van der Waals surface area contributed by atoms with Gasteiger partial charge in [-0.2, -0.15) is 0 Å². The lowest BCUT2D eigenvalue weighted by Crippen LogP contribution is -2.19. The molecule has 0 aliphatic carbocycles. The normalized spacial score (nSPS) is 11.1. The molecule has 96 valence electrons. The van der Waals surface area contributed by atoms with Crippen molar-refractivity contribution in [1.82, 2.24) is 14.0 Å². The summed E-state index contributed by atoms with van der Waals surface area (Å²) in [5.41, 5.74) is 2.71. The average Bonchev–Trinajstić information content (AvgIpc) is 2.74. The third-order valence-electron chi connectivity index (χ3n) is 2.95. The Hall–Kier alpha value is -1.88. The molecule has 0 aliphatic heterocycles. The lowest BCUT2D eigenvalue weighted by molar-refractivity contribution is 0.742. The van der Waals surface area contributed by atoms with Gasteiger partial charge >= 0.3 is 0 Å². The lowest BCUT2D eigenvalue weighted by Gasteiger charge is -2.02. The molecule has 0 aromatic carbocycles. The molecule has 3 aromatic rings. The summed E-state index contributed by atoms with van der Waals surface area (Å²) in [7, 11) is 0. The van der Waals surface area contributed by atoms with Gasteiger partial charge in [-0.05, 0) is 46.6 Å². The third kappa shape index (κ3) is 2.46. The lowest BCUT2D eigenvalue weighted by atomic mass is 10.3. The molecule has 3 heterocycles. The van der Waals surface area contributed by atoms with Crippen molar-refractivity contribution in [3.63, 3.8) is 0 Å². The molecule has 4 nitrogen and oxygen atoms in total. The first kappa shape index (κ1) is 12.2. The van der Waals surface area contributed by atoms with Gasteiger partial charge in [-0.3, -0.25) is 4.79 Å². The quantitative estimate of drug-likeness (QED) is 0.729. The molecular weight excluding hydrogens is 306 g/mol. The fraction of sp³-hybridized carbons (Fsp3) is 0.143. The van der Waals surface area contributed by atoms with Crippen LogP contribution in [0.15, 0.2) is 52.1 Å². The Morgan fingerprint density at radius 3 is 2.89 bits per heavy atom. The minimum atomic E-state index is -0.00163. The number of hydrogen-bond acceptors (Lipinski definition) is 2. The summed E-state index contributed by atoms with van der Waals surface area (Å²) in [5, 5.41) is 0. The van der Waals surface area contributed by atoms with E-state index in [4.69, 9.17) is 0 Å². The SMILES string of the molecule is Cc1ccn(Cc2cn3cc(Br)ccc3n2)c(=O)c1. The summed E-state index contributed by atoms with van der Waals surface area (Å²) in [5.74, 6) is 0. The summed E-state index contributed by atoms with van der Waals surface area (Å²) in [6.07, 6.45) is 5.69. The summed E-state index contributed by atoms with van der Waals surface area (Å²) in [6, 6.07) is 7.44. The molecule has 0 unspecified atom stereocenters. The number of imidazole rings is 1. The second kappa shape index (κ2) is 4.66. The highest BCUT2D eigenvalue weighted by Gasteiger charge is 2.04. The number of fused-ring (bicyclic) bond motifs is 1. The maximum absolute atomic E-state index is 11.8. The first-order valence-electron chi connectivity index (χ1n) is 5.92. The Kier molecular flexibility index (Phi) is 2.98. The van der Waals surface area contributed by atoms with Crippen LogP contribution in [0.5, 0.6) is 0 Å². The second-order valence-electron chi connectivity index (χ2n) is 4.52. The zero-order valence-electron chi connectivity index (χ0n) is 10.4. The first-order chi connectivity index (χ1) is 9.11. The van der Waals surface area contributed by atoms with Gasteiger partial charge < -0.3 is 8.97 Å². The summed E-state index contributed by atoms with van der Waals surface area (Å²) >= 11 is 3.42. The van der Waals surface area contributed by atoms with E-state index in [2.05, 4.69) is 20.9 Å². The van der Waals surface area contributed by atoms with Crippen LogP contribution in [0.4, 0.5) is 0 Å². The van der Waals surface area contributed by atoms with E-state index in [9.17, 15) is 4.79 Å². The van der Waals surface area contributed by atoms with Gasteiger partial charge in [-0.1, -0.05) is 0 Å². The number of halogens is 1. The highest BCUT2D eigenvalue weighted by atomic mass is 79.9. The summed E-state index contributed by atoms with van der Waals surface area (Å²) in [6.45, 7) is 2.40. The molecule has 19 heavy (non-hydrogen) atoms. The van der Waals surface area contributed by atoms with Crippen LogP contribution in [-0.2, 0) is 6.54 Å². The smallest absolute Gasteiger partial charge is 0.251 e. The van der Waals surface area contributed by atoms with Crippen LogP contribution >= 0.6 is 15.9 Å². The van der Waals surface area contributed by atoms with E-state index in [0.717, 1.165) is 21.4 Å². The maximum atomic E-state index is 11.8. The van der Waals surface area contributed by atoms with E-state index < -0.39 is 0 Å². The van der Waals surface area contributed by atoms with Crippen molar-refractivity contribution in [3.8, 4) is 0 Å². The molecule has 0 radical (unpaired) electrons. The molecule has 0 saturated heterocycles. The topological polar surface area (TPSA) is 39.3 Å². The van der Waals surface area contributed by atoms with Crippen LogP contribution in [0.25, 0.3) is 5.65 Å². The van der Waals surface area contributed by atoms with E-state index in [1.807, 2.05) is 41.9 Å². The van der Waals surface area contributed by atoms with E-state index in [1.54, 1.807) is 16.8 Å². The molecule has 3 rings (SSSR count). The van der Waals surface area contributed by atoms with Gasteiger partial charge in [0, 0.05) is 29.1 Å².